The van der Waals surface area contributed by atoms with Crippen LogP contribution in [0.3, 0.4) is 0 Å². The molecule has 0 amide bonds. The monoisotopic (exact) mass is 208 g/mol. The second-order valence-electron chi connectivity index (χ2n) is 4.29. The van der Waals surface area contributed by atoms with Gasteiger partial charge in [-0.05, 0) is 25.0 Å². The predicted molar refractivity (Wildman–Crippen MR) is 67.8 cm³/mol. The molecule has 0 atom stereocenters. The largest absolute Gasteiger partial charge is 0.115 e. The summed E-state index contributed by atoms with van der Waals surface area (Å²) in [5.74, 6) is 9.87. The summed E-state index contributed by atoms with van der Waals surface area (Å²) < 4.78 is 0. The number of terminal acetylenes is 1. The van der Waals surface area contributed by atoms with Gasteiger partial charge in [0.25, 0.3) is 0 Å². The zero-order chi connectivity index (χ0) is 11.2. The first kappa shape index (κ1) is 10.8. The predicted octanol–water partition coefficient (Wildman–Crippen LogP) is 3.60. The highest BCUT2D eigenvalue weighted by Gasteiger charge is 2.09. The molecule has 0 heterocycles. The molecule has 0 N–H and O–H groups in total. The number of hydrogen-bond acceptors (Lipinski definition) is 0. The summed E-state index contributed by atoms with van der Waals surface area (Å²) in [4.78, 5) is 0. The van der Waals surface area contributed by atoms with Crippen LogP contribution in [0.1, 0.15) is 43.2 Å². The Labute approximate surface area is 98.1 Å². The molecular weight excluding hydrogens is 192 g/mol. The summed E-state index contributed by atoms with van der Waals surface area (Å²) in [6, 6.07) is 7.91. The zero-order valence-electron chi connectivity index (χ0n) is 9.50. The lowest BCUT2D eigenvalue weighted by atomic mass is 9.89. The van der Waals surface area contributed by atoms with E-state index in [1.807, 2.05) is 24.3 Å². The highest BCUT2D eigenvalue weighted by atomic mass is 14.1. The molecule has 1 aliphatic carbocycles. The summed E-state index contributed by atoms with van der Waals surface area (Å²) in [6.45, 7) is 0. The van der Waals surface area contributed by atoms with E-state index in [4.69, 9.17) is 6.42 Å². The first-order chi connectivity index (χ1) is 7.90. The van der Waals surface area contributed by atoms with E-state index < -0.39 is 0 Å². The average Bonchev–Trinajstić information content (AvgIpc) is 2.38. The lowest BCUT2D eigenvalue weighted by Gasteiger charge is -2.15. The molecule has 0 aromatic heterocycles. The molecule has 0 spiro atoms. The fourth-order valence-electron chi connectivity index (χ4n) is 2.14. The molecule has 1 saturated carbocycles. The zero-order valence-corrected chi connectivity index (χ0v) is 9.50. The van der Waals surface area contributed by atoms with Crippen LogP contribution in [-0.4, -0.2) is 0 Å². The van der Waals surface area contributed by atoms with Crippen LogP contribution >= 0.6 is 0 Å². The van der Waals surface area contributed by atoms with E-state index in [0.717, 1.165) is 11.1 Å². The lowest BCUT2D eigenvalue weighted by molar-refractivity contribution is 0.430. The summed E-state index contributed by atoms with van der Waals surface area (Å²) in [5.41, 5.74) is 1.90. The molecule has 2 rings (SSSR count). The Morgan fingerprint density at radius 1 is 1.00 bits per heavy atom. The van der Waals surface area contributed by atoms with Crippen molar-refractivity contribution in [2.45, 2.75) is 32.1 Å². The van der Waals surface area contributed by atoms with Crippen molar-refractivity contribution >= 4 is 0 Å². The van der Waals surface area contributed by atoms with Crippen LogP contribution in [0.2, 0.25) is 0 Å². The third kappa shape index (κ3) is 2.68. The number of hydrogen-bond donors (Lipinski definition) is 0. The third-order valence-corrected chi connectivity index (χ3v) is 3.10. The second-order valence-corrected chi connectivity index (χ2v) is 4.29. The summed E-state index contributed by atoms with van der Waals surface area (Å²) in [7, 11) is 0. The number of benzene rings is 1. The summed E-state index contributed by atoms with van der Waals surface area (Å²) in [5, 5.41) is 0. The maximum absolute atomic E-state index is 5.44. The van der Waals surface area contributed by atoms with Crippen LogP contribution in [0.15, 0.2) is 24.3 Å². The first-order valence-electron chi connectivity index (χ1n) is 5.97. The molecule has 0 bridgehead atoms. The smallest absolute Gasteiger partial charge is 0.0401 e. The molecule has 1 aliphatic rings. The molecule has 80 valence electrons. The van der Waals surface area contributed by atoms with Crippen LogP contribution in [0, 0.1) is 30.1 Å². The molecule has 0 heteroatoms. The Morgan fingerprint density at radius 2 is 1.69 bits per heavy atom. The third-order valence-electron chi connectivity index (χ3n) is 3.10. The van der Waals surface area contributed by atoms with Gasteiger partial charge >= 0.3 is 0 Å². The van der Waals surface area contributed by atoms with Gasteiger partial charge in [0.15, 0.2) is 0 Å². The minimum absolute atomic E-state index is 0.583. The minimum atomic E-state index is 0.583. The molecule has 0 nitrogen and oxygen atoms in total. The van der Waals surface area contributed by atoms with Crippen molar-refractivity contribution < 1.29 is 0 Å². The van der Waals surface area contributed by atoms with Gasteiger partial charge in [0.2, 0.25) is 0 Å². The molecule has 16 heavy (non-hydrogen) atoms. The SMILES string of the molecule is C#Cc1ccccc1C#CC1CCCCC1. The van der Waals surface area contributed by atoms with E-state index in [1.165, 1.54) is 32.1 Å². The molecule has 0 radical (unpaired) electrons. The van der Waals surface area contributed by atoms with Crippen molar-refractivity contribution in [1.29, 1.82) is 0 Å². The fourth-order valence-corrected chi connectivity index (χ4v) is 2.14. The van der Waals surface area contributed by atoms with Crippen molar-refractivity contribution in [1.82, 2.24) is 0 Å². The standard InChI is InChI=1S/C16H16/c1-2-15-10-6-7-11-16(15)13-12-14-8-4-3-5-9-14/h1,6-7,10-11,14H,3-5,8-9H2. The summed E-state index contributed by atoms with van der Waals surface area (Å²) in [6.07, 6.45) is 12.0. The van der Waals surface area contributed by atoms with Crippen LogP contribution in [0.25, 0.3) is 0 Å². The van der Waals surface area contributed by atoms with Crippen molar-refractivity contribution in [3.8, 4) is 24.2 Å². The van der Waals surface area contributed by atoms with Crippen LogP contribution in [0.4, 0.5) is 0 Å². The molecule has 1 aromatic carbocycles. The normalized spacial score (nSPS) is 15.9. The topological polar surface area (TPSA) is 0 Å². The van der Waals surface area contributed by atoms with E-state index in [0.29, 0.717) is 5.92 Å². The van der Waals surface area contributed by atoms with E-state index in [1.54, 1.807) is 0 Å². The molecule has 0 unspecified atom stereocenters. The van der Waals surface area contributed by atoms with Gasteiger partial charge in [-0.3, -0.25) is 0 Å². The summed E-state index contributed by atoms with van der Waals surface area (Å²) >= 11 is 0. The van der Waals surface area contributed by atoms with Gasteiger partial charge in [-0.2, -0.15) is 0 Å². The molecular formula is C16H16. The van der Waals surface area contributed by atoms with Crippen molar-refractivity contribution in [2.75, 3.05) is 0 Å². The van der Waals surface area contributed by atoms with Crippen LogP contribution in [0.5, 0.6) is 0 Å². The number of rotatable bonds is 0. The van der Waals surface area contributed by atoms with E-state index in [-0.39, 0.29) is 0 Å². The van der Waals surface area contributed by atoms with Gasteiger partial charge in [-0.25, -0.2) is 0 Å². The quantitative estimate of drug-likeness (QED) is 0.571. The van der Waals surface area contributed by atoms with Gasteiger partial charge < -0.3 is 0 Å². The maximum Gasteiger partial charge on any atom is 0.0401 e. The molecule has 1 aromatic rings. The first-order valence-corrected chi connectivity index (χ1v) is 5.97. The fraction of sp³-hybridized carbons (Fsp3) is 0.375. The van der Waals surface area contributed by atoms with Crippen molar-refractivity contribution in [2.24, 2.45) is 5.92 Å². The van der Waals surface area contributed by atoms with E-state index in [9.17, 15) is 0 Å². The minimum Gasteiger partial charge on any atom is -0.115 e. The average molecular weight is 208 g/mol. The van der Waals surface area contributed by atoms with E-state index >= 15 is 0 Å². The molecule has 1 fully saturated rings. The molecule has 0 saturated heterocycles. The van der Waals surface area contributed by atoms with Gasteiger partial charge in [-0.15, -0.1) is 6.42 Å². The highest BCUT2D eigenvalue weighted by Crippen LogP contribution is 2.22. The second kappa shape index (κ2) is 5.43. The van der Waals surface area contributed by atoms with Crippen LogP contribution in [-0.2, 0) is 0 Å². The highest BCUT2D eigenvalue weighted by molar-refractivity contribution is 5.49. The van der Waals surface area contributed by atoms with E-state index in [2.05, 4.69) is 17.8 Å². The van der Waals surface area contributed by atoms with Crippen molar-refractivity contribution in [3.05, 3.63) is 35.4 Å². The van der Waals surface area contributed by atoms with Gasteiger partial charge in [0.1, 0.15) is 0 Å². The van der Waals surface area contributed by atoms with Gasteiger partial charge in [-0.1, -0.05) is 49.2 Å². The van der Waals surface area contributed by atoms with Gasteiger partial charge in [0.05, 0.1) is 0 Å². The molecule has 0 aliphatic heterocycles. The lowest BCUT2D eigenvalue weighted by Crippen LogP contribution is -2.03. The van der Waals surface area contributed by atoms with Crippen LogP contribution < -0.4 is 0 Å². The van der Waals surface area contributed by atoms with Gasteiger partial charge in [0, 0.05) is 17.0 Å². The maximum atomic E-state index is 5.44. The van der Waals surface area contributed by atoms with Crippen molar-refractivity contribution in [3.63, 3.8) is 0 Å². The Hall–Kier alpha value is -1.66. The Balaban J connectivity index is 2.14. The Morgan fingerprint density at radius 3 is 2.38 bits per heavy atom. The Kier molecular flexibility index (Phi) is 3.68. The Bertz CT molecular complexity index is 445.